The Bertz CT molecular complexity index is 790. The summed E-state index contributed by atoms with van der Waals surface area (Å²) in [4.78, 5) is 10.9. The van der Waals surface area contributed by atoms with Gasteiger partial charge in [-0.1, -0.05) is 0 Å². The second kappa shape index (κ2) is 6.80. The molecule has 1 aliphatic heterocycles. The fourth-order valence-corrected chi connectivity index (χ4v) is 4.74. The maximum Gasteiger partial charge on any atom is 0.152 e. The van der Waals surface area contributed by atoms with Crippen molar-refractivity contribution < 1.29 is 12.8 Å². The highest BCUT2D eigenvalue weighted by Gasteiger charge is 2.32. The molecule has 1 atom stereocenters. The molecule has 130 valence electrons. The van der Waals surface area contributed by atoms with Gasteiger partial charge in [-0.25, -0.2) is 18.4 Å². The number of sulfone groups is 1. The quantitative estimate of drug-likeness (QED) is 0.852. The van der Waals surface area contributed by atoms with Crippen molar-refractivity contribution >= 4 is 21.5 Å². The van der Waals surface area contributed by atoms with E-state index in [9.17, 15) is 8.42 Å². The fraction of sp³-hybridized carbons (Fsp3) is 0.500. The number of nitrogens with zero attached hydrogens (tertiary/aromatic N) is 3. The van der Waals surface area contributed by atoms with E-state index in [0.717, 1.165) is 11.6 Å². The Morgan fingerprint density at radius 1 is 1.42 bits per heavy atom. The first kappa shape index (κ1) is 16.8. The molecule has 0 radical (unpaired) electrons. The van der Waals surface area contributed by atoms with E-state index in [0.29, 0.717) is 31.2 Å². The van der Waals surface area contributed by atoms with E-state index in [4.69, 9.17) is 4.42 Å². The van der Waals surface area contributed by atoms with Gasteiger partial charge in [-0.3, -0.25) is 0 Å². The standard InChI is InChI=1S/C16H22N4O3S/c1-3-20(13-6-8-24(21,22)11-13)16-9-15(18-12(2)19-16)17-10-14-5-4-7-23-14/h4-5,7,9,13H,3,6,8,10-11H2,1-2H3,(H,17,18,19). The van der Waals surface area contributed by atoms with Gasteiger partial charge in [0.2, 0.25) is 0 Å². The van der Waals surface area contributed by atoms with E-state index >= 15 is 0 Å². The summed E-state index contributed by atoms with van der Waals surface area (Å²) >= 11 is 0. The highest BCUT2D eigenvalue weighted by atomic mass is 32.2. The number of anilines is 2. The van der Waals surface area contributed by atoms with Gasteiger partial charge in [-0.15, -0.1) is 0 Å². The molecule has 1 aliphatic rings. The topological polar surface area (TPSA) is 88.3 Å². The Balaban J connectivity index is 1.78. The van der Waals surface area contributed by atoms with Crippen LogP contribution in [0.15, 0.2) is 28.9 Å². The van der Waals surface area contributed by atoms with Crippen molar-refractivity contribution in [2.75, 3.05) is 28.3 Å². The monoisotopic (exact) mass is 350 g/mol. The normalized spacial score (nSPS) is 19.3. The summed E-state index contributed by atoms with van der Waals surface area (Å²) in [5.41, 5.74) is 0. The summed E-state index contributed by atoms with van der Waals surface area (Å²) < 4.78 is 28.9. The first-order chi connectivity index (χ1) is 11.5. The molecule has 0 aromatic carbocycles. The van der Waals surface area contributed by atoms with E-state index in [-0.39, 0.29) is 17.5 Å². The second-order valence-corrected chi connectivity index (χ2v) is 8.16. The molecule has 1 saturated heterocycles. The Hall–Kier alpha value is -2.09. The molecular weight excluding hydrogens is 328 g/mol. The van der Waals surface area contributed by atoms with Gasteiger partial charge in [0.05, 0.1) is 24.3 Å². The molecule has 0 bridgehead atoms. The third kappa shape index (κ3) is 3.87. The summed E-state index contributed by atoms with van der Waals surface area (Å²) in [6, 6.07) is 5.58. The fourth-order valence-electron chi connectivity index (χ4n) is 3.01. The molecule has 2 aromatic rings. The molecule has 0 saturated carbocycles. The van der Waals surface area contributed by atoms with Crippen molar-refractivity contribution in [1.29, 1.82) is 0 Å². The Morgan fingerprint density at radius 2 is 2.25 bits per heavy atom. The number of furan rings is 1. The van der Waals surface area contributed by atoms with E-state index < -0.39 is 9.84 Å². The lowest BCUT2D eigenvalue weighted by atomic mass is 10.2. The highest BCUT2D eigenvalue weighted by Crippen LogP contribution is 2.24. The van der Waals surface area contributed by atoms with Crippen molar-refractivity contribution in [1.82, 2.24) is 9.97 Å². The lowest BCUT2D eigenvalue weighted by Crippen LogP contribution is -2.37. The zero-order valence-corrected chi connectivity index (χ0v) is 14.7. The molecule has 0 amide bonds. The molecule has 1 unspecified atom stereocenters. The van der Waals surface area contributed by atoms with Gasteiger partial charge >= 0.3 is 0 Å². The second-order valence-electron chi connectivity index (χ2n) is 5.93. The number of aromatic nitrogens is 2. The largest absolute Gasteiger partial charge is 0.467 e. The minimum Gasteiger partial charge on any atom is -0.467 e. The predicted octanol–water partition coefficient (Wildman–Crippen LogP) is 2.00. The Kier molecular flexibility index (Phi) is 4.75. The van der Waals surface area contributed by atoms with E-state index in [1.54, 1.807) is 6.26 Å². The van der Waals surface area contributed by atoms with Crippen molar-refractivity contribution in [2.45, 2.75) is 32.9 Å². The number of rotatable bonds is 6. The Morgan fingerprint density at radius 3 is 2.88 bits per heavy atom. The van der Waals surface area contributed by atoms with Crippen molar-refractivity contribution in [3.8, 4) is 0 Å². The molecule has 3 rings (SSSR count). The molecule has 7 nitrogen and oxygen atoms in total. The van der Waals surface area contributed by atoms with Crippen LogP contribution in [0.3, 0.4) is 0 Å². The average molecular weight is 350 g/mol. The maximum atomic E-state index is 11.8. The van der Waals surface area contributed by atoms with Crippen LogP contribution in [0.4, 0.5) is 11.6 Å². The summed E-state index contributed by atoms with van der Waals surface area (Å²) in [7, 11) is -2.93. The molecule has 24 heavy (non-hydrogen) atoms. The molecular formula is C16H22N4O3S. The van der Waals surface area contributed by atoms with E-state index in [1.807, 2.05) is 32.0 Å². The van der Waals surface area contributed by atoms with Gasteiger partial charge < -0.3 is 14.6 Å². The van der Waals surface area contributed by atoms with Gasteiger partial charge in [-0.2, -0.15) is 0 Å². The average Bonchev–Trinajstić information content (AvgIpc) is 3.15. The molecule has 0 aliphatic carbocycles. The molecule has 3 heterocycles. The number of nitrogens with one attached hydrogen (secondary N) is 1. The first-order valence-electron chi connectivity index (χ1n) is 8.06. The van der Waals surface area contributed by atoms with Gasteiger partial charge in [0, 0.05) is 18.7 Å². The third-order valence-electron chi connectivity index (χ3n) is 4.13. The van der Waals surface area contributed by atoms with Crippen molar-refractivity contribution in [2.24, 2.45) is 0 Å². The first-order valence-corrected chi connectivity index (χ1v) is 9.88. The SMILES string of the molecule is CCN(c1cc(NCc2ccco2)nc(C)n1)C1CCS(=O)(=O)C1. The molecule has 1 N–H and O–H groups in total. The van der Waals surface area contributed by atoms with Crippen LogP contribution in [0, 0.1) is 6.92 Å². The minimum absolute atomic E-state index is 0.0211. The summed E-state index contributed by atoms with van der Waals surface area (Å²) in [5, 5.41) is 3.22. The maximum absolute atomic E-state index is 11.8. The summed E-state index contributed by atoms with van der Waals surface area (Å²) in [6.07, 6.45) is 2.28. The Labute approximate surface area is 142 Å². The van der Waals surface area contributed by atoms with Gasteiger partial charge in [0.25, 0.3) is 0 Å². The number of hydrogen-bond acceptors (Lipinski definition) is 7. The van der Waals surface area contributed by atoms with E-state index in [2.05, 4.69) is 20.2 Å². The third-order valence-corrected chi connectivity index (χ3v) is 5.88. The van der Waals surface area contributed by atoms with Crippen LogP contribution in [0.25, 0.3) is 0 Å². The summed E-state index contributed by atoms with van der Waals surface area (Å²) in [6.45, 7) is 5.08. The van der Waals surface area contributed by atoms with Crippen LogP contribution in [-0.4, -0.2) is 42.5 Å². The van der Waals surface area contributed by atoms with Crippen LogP contribution in [-0.2, 0) is 16.4 Å². The molecule has 0 spiro atoms. The lowest BCUT2D eigenvalue weighted by molar-refractivity contribution is 0.517. The van der Waals surface area contributed by atoms with Crippen LogP contribution < -0.4 is 10.2 Å². The molecule has 1 fully saturated rings. The van der Waals surface area contributed by atoms with E-state index in [1.165, 1.54) is 0 Å². The molecule has 2 aromatic heterocycles. The van der Waals surface area contributed by atoms with Gasteiger partial charge in [-0.05, 0) is 32.4 Å². The van der Waals surface area contributed by atoms with Gasteiger partial charge in [0.15, 0.2) is 9.84 Å². The van der Waals surface area contributed by atoms with Crippen LogP contribution in [0.2, 0.25) is 0 Å². The molecule has 8 heteroatoms. The smallest absolute Gasteiger partial charge is 0.152 e. The number of aryl methyl sites for hydroxylation is 1. The van der Waals surface area contributed by atoms with Crippen LogP contribution >= 0.6 is 0 Å². The summed E-state index contributed by atoms with van der Waals surface area (Å²) in [5.74, 6) is 3.37. The number of hydrogen-bond donors (Lipinski definition) is 1. The predicted molar refractivity (Wildman–Crippen MR) is 92.9 cm³/mol. The van der Waals surface area contributed by atoms with Gasteiger partial charge in [0.1, 0.15) is 23.2 Å². The van der Waals surface area contributed by atoms with Crippen molar-refractivity contribution in [3.05, 3.63) is 36.0 Å². The van der Waals surface area contributed by atoms with Crippen LogP contribution in [0.5, 0.6) is 0 Å². The lowest BCUT2D eigenvalue weighted by Gasteiger charge is -2.28. The highest BCUT2D eigenvalue weighted by molar-refractivity contribution is 7.91. The van der Waals surface area contributed by atoms with Crippen molar-refractivity contribution in [3.63, 3.8) is 0 Å². The zero-order chi connectivity index (χ0) is 17.2. The van der Waals surface area contributed by atoms with Crippen LogP contribution in [0.1, 0.15) is 24.9 Å². The minimum atomic E-state index is -2.93. The zero-order valence-electron chi connectivity index (χ0n) is 13.9.